The number of halogens is 1. The van der Waals surface area contributed by atoms with Crippen molar-refractivity contribution in [2.45, 2.75) is 38.8 Å². The van der Waals surface area contributed by atoms with Gasteiger partial charge in [-0.05, 0) is 47.2 Å². The second-order valence-corrected chi connectivity index (χ2v) is 8.85. The van der Waals surface area contributed by atoms with Crippen molar-refractivity contribution in [2.24, 2.45) is 21.4 Å². The average molecular weight is 525 g/mol. The zero-order chi connectivity index (χ0) is 27.3. The maximum Gasteiger partial charge on any atom is 0.310 e. The number of amides is 1. The lowest BCUT2D eigenvalue weighted by Crippen LogP contribution is -2.35. The third-order valence-corrected chi connectivity index (χ3v) is 6.03. The lowest BCUT2D eigenvalue weighted by molar-refractivity contribution is -0.143. The van der Waals surface area contributed by atoms with Crippen LogP contribution in [0.1, 0.15) is 37.3 Å². The molecule has 1 heterocycles. The van der Waals surface area contributed by atoms with Gasteiger partial charge in [0.15, 0.2) is 0 Å². The Bertz CT molecular complexity index is 1170. The largest absolute Gasteiger partial charge is 0.463 e. The van der Waals surface area contributed by atoms with E-state index in [-0.39, 0.29) is 25.5 Å². The second kappa shape index (κ2) is 14.6. The molecule has 1 aliphatic heterocycles. The molecule has 1 aliphatic rings. The van der Waals surface area contributed by atoms with Crippen molar-refractivity contribution in [2.75, 3.05) is 38.2 Å². The third-order valence-electron chi connectivity index (χ3n) is 6.03. The molecule has 10 nitrogen and oxygen atoms in total. The quantitative estimate of drug-likeness (QED) is 0.0976. The van der Waals surface area contributed by atoms with Gasteiger partial charge in [-0.2, -0.15) is 4.91 Å². The fourth-order valence-corrected chi connectivity index (χ4v) is 4.27. The normalized spacial score (nSPS) is 14.7. The molecule has 11 heteroatoms. The first-order valence-electron chi connectivity index (χ1n) is 12.6. The summed E-state index contributed by atoms with van der Waals surface area (Å²) in [5.41, 5.74) is 4.77. The first-order chi connectivity index (χ1) is 18.5. The van der Waals surface area contributed by atoms with Crippen LogP contribution in [-0.2, 0) is 20.7 Å². The van der Waals surface area contributed by atoms with Crippen LogP contribution in [0.2, 0.25) is 0 Å². The van der Waals surface area contributed by atoms with Gasteiger partial charge in [0, 0.05) is 30.8 Å². The summed E-state index contributed by atoms with van der Waals surface area (Å²) in [7, 11) is 0. The standard InChI is InChI=1S/C27H33FN6O4/c1-2-12-34(13-3-11-30-37)27(36)23-16-22-9-8-21(17-24(22)31-25(18-23)32-33-29)20-6-4-19(5-7-20)15-26(35)38-14-10-28/h4-9,16-17,25,31H,2-3,10-15,18H2,1H3,(H2,29,32). The van der Waals surface area contributed by atoms with Gasteiger partial charge in [0.05, 0.1) is 13.0 Å². The summed E-state index contributed by atoms with van der Waals surface area (Å²) in [6, 6.07) is 13.3. The lowest BCUT2D eigenvalue weighted by Gasteiger charge is -2.23. The summed E-state index contributed by atoms with van der Waals surface area (Å²) in [4.78, 5) is 37.4. The number of nitrogens with two attached hydrogens (primary N) is 1. The Morgan fingerprint density at radius 1 is 1.16 bits per heavy atom. The number of ether oxygens (including phenoxy) is 1. The van der Waals surface area contributed by atoms with E-state index < -0.39 is 18.8 Å². The van der Waals surface area contributed by atoms with Crippen LogP contribution in [-0.4, -0.2) is 55.9 Å². The van der Waals surface area contributed by atoms with E-state index in [4.69, 9.17) is 10.6 Å². The van der Waals surface area contributed by atoms with Gasteiger partial charge in [-0.3, -0.25) is 9.59 Å². The third kappa shape index (κ3) is 7.92. The van der Waals surface area contributed by atoms with Crippen LogP contribution in [0.4, 0.5) is 10.1 Å². The number of nitrogens with zero attached hydrogens (tertiary/aromatic N) is 4. The minimum Gasteiger partial charge on any atom is -0.463 e. The molecule has 0 saturated heterocycles. The number of fused-ring (bicyclic) bond motifs is 1. The number of anilines is 1. The number of rotatable bonds is 13. The average Bonchev–Trinajstić information content (AvgIpc) is 3.10. The second-order valence-electron chi connectivity index (χ2n) is 8.85. The first-order valence-corrected chi connectivity index (χ1v) is 12.6. The molecular weight excluding hydrogens is 491 g/mol. The molecule has 202 valence electrons. The number of carbonyl (C=O) groups excluding carboxylic acids is 2. The summed E-state index contributed by atoms with van der Waals surface area (Å²) in [5.74, 6) is 4.76. The van der Waals surface area contributed by atoms with Gasteiger partial charge >= 0.3 is 5.97 Å². The monoisotopic (exact) mass is 524 g/mol. The molecule has 0 aliphatic carbocycles. The van der Waals surface area contributed by atoms with Gasteiger partial charge in [0.2, 0.25) is 5.91 Å². The molecule has 0 saturated carbocycles. The SMILES string of the molecule is CCCN(CCCN=O)C(=O)C1=Cc2ccc(-c3ccc(CC(=O)OCCF)cc3)cc2NC(N=NN)C1. The van der Waals surface area contributed by atoms with Crippen molar-refractivity contribution in [1.29, 1.82) is 0 Å². The maximum atomic E-state index is 13.4. The molecule has 3 rings (SSSR count). The number of nitrogens with one attached hydrogen (secondary N) is 1. The molecule has 0 aromatic heterocycles. The summed E-state index contributed by atoms with van der Waals surface area (Å²) in [6.07, 6.45) is 2.97. The topological polar surface area (TPSA) is 139 Å². The van der Waals surface area contributed by atoms with Gasteiger partial charge in [-0.25, -0.2) is 4.39 Å². The highest BCUT2D eigenvalue weighted by Gasteiger charge is 2.25. The number of hydrogen-bond donors (Lipinski definition) is 2. The van der Waals surface area contributed by atoms with Gasteiger partial charge in [0.25, 0.3) is 0 Å². The molecule has 0 fully saturated rings. The lowest BCUT2D eigenvalue weighted by atomic mass is 9.99. The van der Waals surface area contributed by atoms with E-state index in [1.54, 1.807) is 4.90 Å². The fourth-order valence-electron chi connectivity index (χ4n) is 4.27. The zero-order valence-electron chi connectivity index (χ0n) is 21.4. The van der Waals surface area contributed by atoms with Crippen molar-refractivity contribution < 1.29 is 18.7 Å². The van der Waals surface area contributed by atoms with Crippen molar-refractivity contribution in [1.82, 2.24) is 4.90 Å². The van der Waals surface area contributed by atoms with Crippen molar-refractivity contribution in [3.05, 3.63) is 64.1 Å². The smallest absolute Gasteiger partial charge is 0.310 e. The highest BCUT2D eigenvalue weighted by Crippen LogP contribution is 2.32. The molecule has 0 bridgehead atoms. The number of benzene rings is 2. The van der Waals surface area contributed by atoms with E-state index in [1.165, 1.54) is 0 Å². The van der Waals surface area contributed by atoms with E-state index in [1.807, 2.05) is 55.5 Å². The minimum absolute atomic E-state index is 0.0695. The van der Waals surface area contributed by atoms with Gasteiger partial charge in [-0.15, -0.1) is 5.11 Å². The molecule has 2 aromatic rings. The number of esters is 1. The van der Waals surface area contributed by atoms with Crippen LogP contribution in [0, 0.1) is 4.91 Å². The van der Waals surface area contributed by atoms with E-state index in [2.05, 4.69) is 20.8 Å². The summed E-state index contributed by atoms with van der Waals surface area (Å²) in [6.45, 7) is 2.23. The van der Waals surface area contributed by atoms with Gasteiger partial charge in [0.1, 0.15) is 19.4 Å². The molecular formula is C27H33FN6O4. The highest BCUT2D eigenvalue weighted by molar-refractivity contribution is 5.99. The van der Waals surface area contributed by atoms with Crippen LogP contribution in [0.25, 0.3) is 17.2 Å². The van der Waals surface area contributed by atoms with Crippen LogP contribution < -0.4 is 11.2 Å². The predicted molar refractivity (Wildman–Crippen MR) is 144 cm³/mol. The Kier molecular flexibility index (Phi) is 10.9. The predicted octanol–water partition coefficient (Wildman–Crippen LogP) is 4.65. The summed E-state index contributed by atoms with van der Waals surface area (Å²) < 4.78 is 17.0. The Hall–Kier alpha value is -4.15. The van der Waals surface area contributed by atoms with Gasteiger partial charge in [-0.1, -0.05) is 53.7 Å². The zero-order valence-corrected chi connectivity index (χ0v) is 21.4. The fraction of sp³-hybridized carbons (Fsp3) is 0.407. The molecule has 1 unspecified atom stereocenters. The molecule has 0 spiro atoms. The Morgan fingerprint density at radius 2 is 1.92 bits per heavy atom. The Labute approximate surface area is 221 Å². The number of nitroso groups, excluding NO2 is 1. The number of alkyl halides is 1. The Balaban J connectivity index is 1.85. The molecule has 1 atom stereocenters. The molecule has 0 radical (unpaired) electrons. The summed E-state index contributed by atoms with van der Waals surface area (Å²) in [5, 5.41) is 13.7. The maximum absolute atomic E-state index is 13.4. The van der Waals surface area contributed by atoms with E-state index in [9.17, 15) is 18.9 Å². The molecule has 3 N–H and O–H groups in total. The molecule has 1 amide bonds. The number of carbonyl (C=O) groups is 2. The molecule has 2 aromatic carbocycles. The van der Waals surface area contributed by atoms with Crippen LogP contribution in [0.15, 0.2) is 63.6 Å². The highest BCUT2D eigenvalue weighted by atomic mass is 19.1. The minimum atomic E-state index is -0.703. The van der Waals surface area contributed by atoms with E-state index >= 15 is 0 Å². The van der Waals surface area contributed by atoms with Crippen LogP contribution in [0.3, 0.4) is 0 Å². The van der Waals surface area contributed by atoms with E-state index in [0.29, 0.717) is 31.5 Å². The van der Waals surface area contributed by atoms with E-state index in [0.717, 1.165) is 34.4 Å². The molecule has 38 heavy (non-hydrogen) atoms. The van der Waals surface area contributed by atoms with Crippen molar-refractivity contribution in [3.63, 3.8) is 0 Å². The number of hydrogen-bond acceptors (Lipinski definition) is 8. The van der Waals surface area contributed by atoms with Crippen LogP contribution in [0.5, 0.6) is 0 Å². The Morgan fingerprint density at radius 3 is 2.61 bits per heavy atom. The van der Waals surface area contributed by atoms with Gasteiger partial charge < -0.3 is 20.8 Å². The first kappa shape index (κ1) is 28.4. The van der Waals surface area contributed by atoms with Crippen molar-refractivity contribution in [3.8, 4) is 11.1 Å². The summed E-state index contributed by atoms with van der Waals surface area (Å²) >= 11 is 0. The van der Waals surface area contributed by atoms with Crippen molar-refractivity contribution >= 4 is 23.6 Å². The van der Waals surface area contributed by atoms with Crippen LogP contribution >= 0.6 is 0 Å².